The maximum atomic E-state index is 12.3. The smallest absolute Gasteiger partial charge is 0.225 e. The van der Waals surface area contributed by atoms with E-state index in [0.717, 1.165) is 17.1 Å². The highest BCUT2D eigenvalue weighted by Gasteiger charge is 2.10. The highest BCUT2D eigenvalue weighted by atomic mass is 32.2. The molecule has 2 aromatic heterocycles. The number of pyridine rings is 1. The van der Waals surface area contributed by atoms with E-state index in [1.165, 1.54) is 14.0 Å². The van der Waals surface area contributed by atoms with E-state index in [1.807, 2.05) is 35.0 Å². The van der Waals surface area contributed by atoms with E-state index >= 15 is 0 Å². The van der Waals surface area contributed by atoms with E-state index in [0.29, 0.717) is 29.3 Å². The molecule has 0 unspecified atom stereocenters. The molecule has 0 atom stereocenters. The molecule has 1 aromatic carbocycles. The second-order valence-electron chi connectivity index (χ2n) is 6.15. The molecule has 0 aliphatic carbocycles. The SMILES string of the molecule is COc1ccc(NC(C)=O)cc1NC(=O)CCSCc1cn2ccccc2n1. The van der Waals surface area contributed by atoms with Crippen LogP contribution in [-0.2, 0) is 15.3 Å². The molecule has 0 radical (unpaired) electrons. The van der Waals surface area contributed by atoms with Gasteiger partial charge in [-0.2, -0.15) is 11.8 Å². The Bertz CT molecular complexity index is 953. The second-order valence-corrected chi connectivity index (χ2v) is 7.25. The number of nitrogens with zero attached hydrogens (tertiary/aromatic N) is 2. The first kappa shape index (κ1) is 19.8. The van der Waals surface area contributed by atoms with Crippen molar-refractivity contribution in [2.45, 2.75) is 19.1 Å². The lowest BCUT2D eigenvalue weighted by Crippen LogP contribution is -2.14. The van der Waals surface area contributed by atoms with Gasteiger partial charge in [-0.1, -0.05) is 6.07 Å². The average Bonchev–Trinajstić information content (AvgIpc) is 3.08. The van der Waals surface area contributed by atoms with Gasteiger partial charge in [0.05, 0.1) is 18.5 Å². The van der Waals surface area contributed by atoms with Crippen LogP contribution in [0.1, 0.15) is 19.0 Å². The average molecular weight is 398 g/mol. The molecule has 0 aliphatic heterocycles. The Balaban J connectivity index is 1.50. The topological polar surface area (TPSA) is 84.7 Å². The Morgan fingerprint density at radius 1 is 1.21 bits per heavy atom. The number of imidazole rings is 1. The fourth-order valence-electron chi connectivity index (χ4n) is 2.70. The molecule has 0 bridgehead atoms. The number of carbonyl (C=O) groups excluding carboxylic acids is 2. The number of amides is 2. The first-order valence-corrected chi connectivity index (χ1v) is 9.96. The van der Waals surface area contributed by atoms with E-state index in [-0.39, 0.29) is 11.8 Å². The number of rotatable bonds is 8. The van der Waals surface area contributed by atoms with Gasteiger partial charge in [0.1, 0.15) is 11.4 Å². The molecule has 0 saturated carbocycles. The maximum absolute atomic E-state index is 12.3. The summed E-state index contributed by atoms with van der Waals surface area (Å²) in [6.07, 6.45) is 4.33. The molecule has 146 valence electrons. The van der Waals surface area contributed by atoms with Crippen LogP contribution in [0, 0.1) is 0 Å². The van der Waals surface area contributed by atoms with Gasteiger partial charge in [-0.25, -0.2) is 4.98 Å². The maximum Gasteiger partial charge on any atom is 0.225 e. The van der Waals surface area contributed by atoms with E-state index < -0.39 is 0 Å². The Hall–Kier alpha value is -3.00. The third-order valence-corrected chi connectivity index (χ3v) is 4.92. The third kappa shape index (κ3) is 5.26. The number of anilines is 2. The zero-order valence-electron chi connectivity index (χ0n) is 15.8. The van der Waals surface area contributed by atoms with Crippen LogP contribution in [0.3, 0.4) is 0 Å². The lowest BCUT2D eigenvalue weighted by molar-refractivity contribution is -0.116. The fourth-order valence-corrected chi connectivity index (χ4v) is 3.52. The monoisotopic (exact) mass is 398 g/mol. The summed E-state index contributed by atoms with van der Waals surface area (Å²) in [5.41, 5.74) is 3.04. The van der Waals surface area contributed by atoms with E-state index in [9.17, 15) is 9.59 Å². The Morgan fingerprint density at radius 2 is 2.07 bits per heavy atom. The van der Waals surface area contributed by atoms with Crippen molar-refractivity contribution in [2.24, 2.45) is 0 Å². The predicted octanol–water partition coefficient (Wildman–Crippen LogP) is 3.56. The van der Waals surface area contributed by atoms with Crippen LogP contribution in [0.25, 0.3) is 5.65 Å². The number of hydrogen-bond donors (Lipinski definition) is 2. The van der Waals surface area contributed by atoms with E-state index in [2.05, 4.69) is 15.6 Å². The Labute approximate surface area is 167 Å². The molecule has 0 spiro atoms. The minimum Gasteiger partial charge on any atom is -0.495 e. The third-order valence-electron chi connectivity index (χ3n) is 3.93. The quantitative estimate of drug-likeness (QED) is 0.567. The van der Waals surface area contributed by atoms with Gasteiger partial charge in [0.15, 0.2) is 0 Å². The number of fused-ring (bicyclic) bond motifs is 1. The summed E-state index contributed by atoms with van der Waals surface area (Å²) >= 11 is 1.66. The summed E-state index contributed by atoms with van der Waals surface area (Å²) in [6.45, 7) is 1.43. The van der Waals surface area contributed by atoms with Gasteiger partial charge in [0.25, 0.3) is 0 Å². The number of methoxy groups -OCH3 is 1. The molecule has 28 heavy (non-hydrogen) atoms. The number of ether oxygens (including phenoxy) is 1. The van der Waals surface area contributed by atoms with Crippen molar-refractivity contribution in [3.63, 3.8) is 0 Å². The van der Waals surface area contributed by atoms with Crippen molar-refractivity contribution in [3.8, 4) is 5.75 Å². The number of hydrogen-bond acceptors (Lipinski definition) is 5. The minimum absolute atomic E-state index is 0.110. The van der Waals surface area contributed by atoms with Crippen LogP contribution in [0.2, 0.25) is 0 Å². The first-order valence-electron chi connectivity index (χ1n) is 8.81. The lowest BCUT2D eigenvalue weighted by atomic mass is 10.2. The van der Waals surface area contributed by atoms with Gasteiger partial charge < -0.3 is 19.8 Å². The van der Waals surface area contributed by atoms with Crippen molar-refractivity contribution in [2.75, 3.05) is 23.5 Å². The summed E-state index contributed by atoms with van der Waals surface area (Å²) < 4.78 is 7.26. The summed E-state index contributed by atoms with van der Waals surface area (Å²) in [5, 5.41) is 5.54. The fraction of sp³-hybridized carbons (Fsp3) is 0.250. The van der Waals surface area contributed by atoms with Crippen molar-refractivity contribution in [1.82, 2.24) is 9.38 Å². The van der Waals surface area contributed by atoms with Crippen LogP contribution in [0.5, 0.6) is 5.75 Å². The second kappa shape index (κ2) is 9.27. The van der Waals surface area contributed by atoms with Gasteiger partial charge in [0.2, 0.25) is 11.8 Å². The van der Waals surface area contributed by atoms with Crippen molar-refractivity contribution >= 4 is 40.6 Å². The molecule has 7 nitrogen and oxygen atoms in total. The van der Waals surface area contributed by atoms with Gasteiger partial charge in [-0.05, 0) is 30.3 Å². The van der Waals surface area contributed by atoms with Crippen LogP contribution in [0.15, 0.2) is 48.8 Å². The van der Waals surface area contributed by atoms with Gasteiger partial charge in [0, 0.05) is 42.9 Å². The van der Waals surface area contributed by atoms with Gasteiger partial charge in [-0.3, -0.25) is 9.59 Å². The molecule has 8 heteroatoms. The lowest BCUT2D eigenvalue weighted by Gasteiger charge is -2.12. The summed E-state index contributed by atoms with van der Waals surface area (Å²) in [6, 6.07) is 11.0. The number of nitrogens with one attached hydrogen (secondary N) is 2. The Kier molecular flexibility index (Phi) is 6.54. The van der Waals surface area contributed by atoms with Gasteiger partial charge in [-0.15, -0.1) is 0 Å². The summed E-state index contributed by atoms with van der Waals surface area (Å²) in [7, 11) is 1.54. The largest absolute Gasteiger partial charge is 0.495 e. The summed E-state index contributed by atoms with van der Waals surface area (Å²) in [5.74, 6) is 1.68. The highest BCUT2D eigenvalue weighted by Crippen LogP contribution is 2.28. The van der Waals surface area contributed by atoms with Crippen molar-refractivity contribution in [3.05, 3.63) is 54.5 Å². The first-order chi connectivity index (χ1) is 13.5. The minimum atomic E-state index is -0.175. The molecular formula is C20H22N4O3S. The molecule has 2 heterocycles. The molecular weight excluding hydrogens is 376 g/mol. The molecule has 3 rings (SSSR count). The zero-order chi connectivity index (χ0) is 19.9. The van der Waals surface area contributed by atoms with Crippen LogP contribution >= 0.6 is 11.8 Å². The number of aromatic nitrogens is 2. The van der Waals surface area contributed by atoms with Gasteiger partial charge >= 0.3 is 0 Å². The number of carbonyl (C=O) groups is 2. The van der Waals surface area contributed by atoms with E-state index in [1.54, 1.807) is 30.0 Å². The standard InChI is InChI=1S/C20H22N4O3S/c1-14(25)21-15-6-7-18(27-2)17(11-15)23-20(26)8-10-28-13-16-12-24-9-4-3-5-19(24)22-16/h3-7,9,11-12H,8,10,13H2,1-2H3,(H,21,25)(H,23,26). The molecule has 2 amide bonds. The van der Waals surface area contributed by atoms with Crippen LogP contribution in [0.4, 0.5) is 11.4 Å². The molecule has 0 fully saturated rings. The molecule has 3 aromatic rings. The van der Waals surface area contributed by atoms with Crippen LogP contribution in [-0.4, -0.2) is 34.1 Å². The molecule has 2 N–H and O–H groups in total. The van der Waals surface area contributed by atoms with Crippen molar-refractivity contribution in [1.29, 1.82) is 0 Å². The normalized spacial score (nSPS) is 10.6. The predicted molar refractivity (Wildman–Crippen MR) is 112 cm³/mol. The van der Waals surface area contributed by atoms with E-state index in [4.69, 9.17) is 4.74 Å². The molecule has 0 aliphatic rings. The Morgan fingerprint density at radius 3 is 2.82 bits per heavy atom. The number of benzene rings is 1. The molecule has 0 saturated heterocycles. The number of thioether (sulfide) groups is 1. The van der Waals surface area contributed by atoms with Crippen LogP contribution < -0.4 is 15.4 Å². The highest BCUT2D eigenvalue weighted by molar-refractivity contribution is 7.98. The zero-order valence-corrected chi connectivity index (χ0v) is 16.6. The van der Waals surface area contributed by atoms with Crippen molar-refractivity contribution < 1.29 is 14.3 Å². The summed E-state index contributed by atoms with van der Waals surface area (Å²) in [4.78, 5) is 28.0.